The van der Waals surface area contributed by atoms with Crippen LogP contribution < -0.4 is 21.7 Å². The lowest BCUT2D eigenvalue weighted by atomic mass is 9.44. The second-order valence-corrected chi connectivity index (χ2v) is 15.7. The molecule has 10 atom stereocenters. The van der Waals surface area contributed by atoms with Crippen molar-refractivity contribution in [3.8, 4) is 0 Å². The molecule has 0 amide bonds. The van der Waals surface area contributed by atoms with E-state index in [1.807, 2.05) is 0 Å². The Balaban J connectivity index is 1.21. The Bertz CT molecular complexity index is 747. The van der Waals surface area contributed by atoms with E-state index < -0.39 is 0 Å². The predicted octanol–water partition coefficient (Wildman–Crippen LogP) is 5.95. The molecule has 4 rings (SSSR count). The van der Waals surface area contributed by atoms with Crippen LogP contribution in [0.4, 0.5) is 0 Å². The van der Waals surface area contributed by atoms with Crippen molar-refractivity contribution < 1.29 is 5.11 Å². The molecule has 234 valence electrons. The first kappa shape index (κ1) is 32.7. The molecule has 5 nitrogen and oxygen atoms in total. The Morgan fingerprint density at radius 3 is 2.20 bits per heavy atom. The molecule has 0 aromatic carbocycles. The van der Waals surface area contributed by atoms with Gasteiger partial charge in [0.25, 0.3) is 0 Å². The van der Waals surface area contributed by atoms with E-state index in [2.05, 4.69) is 50.6 Å². The third-order valence-electron chi connectivity index (χ3n) is 13.1. The fourth-order valence-corrected chi connectivity index (χ4v) is 10.6. The summed E-state index contributed by atoms with van der Waals surface area (Å²) in [4.78, 5) is 0. The largest absolute Gasteiger partial charge is 0.393 e. The highest BCUT2D eigenvalue weighted by atomic mass is 16.3. The molecule has 0 spiro atoms. The van der Waals surface area contributed by atoms with E-state index in [9.17, 15) is 5.11 Å². The maximum Gasteiger partial charge on any atom is 0.0563 e. The van der Waals surface area contributed by atoms with Crippen molar-refractivity contribution in [1.29, 1.82) is 0 Å². The molecule has 0 bridgehead atoms. The number of fused-ring (bicyclic) bond motifs is 5. The van der Waals surface area contributed by atoms with Crippen LogP contribution in [0.2, 0.25) is 0 Å². The summed E-state index contributed by atoms with van der Waals surface area (Å²) in [6.07, 6.45) is 17.4. The van der Waals surface area contributed by atoms with Crippen LogP contribution in [0.25, 0.3) is 0 Å². The number of aliphatic hydroxyl groups excluding tert-OH is 1. The van der Waals surface area contributed by atoms with Crippen molar-refractivity contribution in [3.63, 3.8) is 0 Å². The maximum atomic E-state index is 10.4. The molecule has 4 aliphatic rings. The monoisotopic (exact) mass is 561 g/mol. The van der Waals surface area contributed by atoms with Gasteiger partial charge in [0.2, 0.25) is 0 Å². The van der Waals surface area contributed by atoms with Crippen LogP contribution in [-0.2, 0) is 0 Å². The van der Waals surface area contributed by atoms with E-state index in [1.54, 1.807) is 0 Å². The van der Waals surface area contributed by atoms with Crippen LogP contribution in [0.15, 0.2) is 0 Å². The van der Waals surface area contributed by atoms with Crippen LogP contribution in [0.3, 0.4) is 0 Å². The van der Waals surface area contributed by atoms with Crippen LogP contribution >= 0.6 is 0 Å². The van der Waals surface area contributed by atoms with Crippen molar-refractivity contribution >= 4 is 0 Å². The molecule has 0 saturated heterocycles. The topological polar surface area (TPSA) is 82.3 Å². The Morgan fingerprint density at radius 2 is 1.48 bits per heavy atom. The van der Waals surface area contributed by atoms with Gasteiger partial charge in [-0.2, -0.15) is 0 Å². The van der Waals surface area contributed by atoms with Crippen molar-refractivity contribution in [1.82, 2.24) is 16.0 Å². The number of aliphatic hydroxyl groups is 1. The van der Waals surface area contributed by atoms with E-state index in [4.69, 9.17) is 5.73 Å². The van der Waals surface area contributed by atoms with Crippen molar-refractivity contribution in [2.45, 2.75) is 130 Å². The van der Waals surface area contributed by atoms with Gasteiger partial charge in [0.05, 0.1) is 6.10 Å². The van der Waals surface area contributed by atoms with Gasteiger partial charge in [-0.3, -0.25) is 0 Å². The standard InChI is InChI=1S/C35H68N4O/c1-25(2)33(40)13-8-26(3)30-11-12-31-29-10-9-27-24-28(39-21-7-20-38-23-22-37-19-6-18-36)14-16-34(27,4)32(29)15-17-35(30,31)5/h25-33,37-40H,6-24,36H2,1-5H3/t26-,27+,28+,29?,30-,31?,32?,33?,34+,35-/m1/s1. The van der Waals surface area contributed by atoms with Crippen LogP contribution in [0.1, 0.15) is 118 Å². The molecular formula is C35H68N4O. The molecule has 0 aliphatic heterocycles. The van der Waals surface area contributed by atoms with E-state index >= 15 is 0 Å². The van der Waals surface area contributed by atoms with Gasteiger partial charge in [-0.05, 0) is 162 Å². The van der Waals surface area contributed by atoms with Gasteiger partial charge in [0.15, 0.2) is 0 Å². The Kier molecular flexibility index (Phi) is 12.3. The zero-order chi connectivity index (χ0) is 28.8. The third kappa shape index (κ3) is 7.47. The zero-order valence-corrected chi connectivity index (χ0v) is 27.2. The number of hydrogen-bond acceptors (Lipinski definition) is 5. The predicted molar refractivity (Wildman–Crippen MR) is 170 cm³/mol. The minimum Gasteiger partial charge on any atom is -0.393 e. The molecule has 0 aromatic rings. The van der Waals surface area contributed by atoms with Gasteiger partial charge < -0.3 is 26.8 Å². The number of nitrogens with two attached hydrogens (primary N) is 1. The highest BCUT2D eigenvalue weighted by Crippen LogP contribution is 2.68. The van der Waals surface area contributed by atoms with Crippen molar-refractivity contribution in [3.05, 3.63) is 0 Å². The van der Waals surface area contributed by atoms with E-state index in [1.165, 1.54) is 70.6 Å². The molecule has 0 heterocycles. The van der Waals surface area contributed by atoms with Gasteiger partial charge in [0, 0.05) is 19.1 Å². The summed E-state index contributed by atoms with van der Waals surface area (Å²) < 4.78 is 0. The zero-order valence-electron chi connectivity index (χ0n) is 27.2. The van der Waals surface area contributed by atoms with Gasteiger partial charge in [0.1, 0.15) is 0 Å². The second kappa shape index (κ2) is 15.0. The normalized spacial score (nSPS) is 39.0. The van der Waals surface area contributed by atoms with E-state index in [0.29, 0.717) is 16.7 Å². The highest BCUT2D eigenvalue weighted by Gasteiger charge is 2.60. The van der Waals surface area contributed by atoms with Crippen LogP contribution in [-0.4, -0.2) is 56.5 Å². The summed E-state index contributed by atoms with van der Waals surface area (Å²) >= 11 is 0. The van der Waals surface area contributed by atoms with Gasteiger partial charge in [-0.15, -0.1) is 0 Å². The lowest BCUT2D eigenvalue weighted by molar-refractivity contribution is -0.118. The number of nitrogens with one attached hydrogen (secondary N) is 3. The smallest absolute Gasteiger partial charge is 0.0563 e. The summed E-state index contributed by atoms with van der Waals surface area (Å²) in [5.74, 6) is 5.81. The molecule has 4 fully saturated rings. The Hall–Kier alpha value is -0.200. The molecule has 4 aliphatic carbocycles. The van der Waals surface area contributed by atoms with Crippen LogP contribution in [0.5, 0.6) is 0 Å². The number of hydrogen-bond donors (Lipinski definition) is 5. The minimum absolute atomic E-state index is 0.126. The Morgan fingerprint density at radius 1 is 0.775 bits per heavy atom. The average Bonchev–Trinajstić information content (AvgIpc) is 3.29. The fourth-order valence-electron chi connectivity index (χ4n) is 10.6. The second-order valence-electron chi connectivity index (χ2n) is 15.7. The third-order valence-corrected chi connectivity index (χ3v) is 13.1. The SMILES string of the molecule is CC(C)C(O)CC[C@@H](C)[C@H]1CCC2C3CC[C@H]4C[C@@H](NCCCNCCNCCCN)CC[C@]4(C)C3CC[C@@]21C. The highest BCUT2D eigenvalue weighted by molar-refractivity contribution is 5.10. The summed E-state index contributed by atoms with van der Waals surface area (Å²) in [7, 11) is 0. The summed E-state index contributed by atoms with van der Waals surface area (Å²) in [6, 6.07) is 0.735. The van der Waals surface area contributed by atoms with Crippen LogP contribution in [0, 0.1) is 52.3 Å². The van der Waals surface area contributed by atoms with Gasteiger partial charge in [-0.25, -0.2) is 0 Å². The molecule has 4 unspecified atom stereocenters. The fraction of sp³-hybridized carbons (Fsp3) is 1.00. The first-order valence-electron chi connectivity index (χ1n) is 17.7. The van der Waals surface area contributed by atoms with E-state index in [0.717, 1.165) is 93.7 Å². The lowest BCUT2D eigenvalue weighted by Crippen LogP contribution is -2.55. The van der Waals surface area contributed by atoms with E-state index in [-0.39, 0.29) is 6.10 Å². The molecule has 0 aromatic heterocycles. The lowest BCUT2D eigenvalue weighted by Gasteiger charge is -2.61. The van der Waals surface area contributed by atoms with Crippen molar-refractivity contribution in [2.24, 2.45) is 58.0 Å². The first-order valence-corrected chi connectivity index (χ1v) is 17.7. The molecule has 40 heavy (non-hydrogen) atoms. The summed E-state index contributed by atoms with van der Waals surface area (Å²) in [5, 5.41) is 21.4. The molecule has 6 N–H and O–H groups in total. The minimum atomic E-state index is -0.126. The van der Waals surface area contributed by atoms with Crippen molar-refractivity contribution in [2.75, 3.05) is 39.3 Å². The van der Waals surface area contributed by atoms with Gasteiger partial charge in [-0.1, -0.05) is 34.6 Å². The average molecular weight is 561 g/mol. The quantitative estimate of drug-likeness (QED) is 0.151. The molecule has 5 heteroatoms. The summed E-state index contributed by atoms with van der Waals surface area (Å²) in [6.45, 7) is 18.4. The maximum absolute atomic E-state index is 10.4. The summed E-state index contributed by atoms with van der Waals surface area (Å²) in [5.41, 5.74) is 6.67. The van der Waals surface area contributed by atoms with Gasteiger partial charge >= 0.3 is 0 Å². The first-order chi connectivity index (χ1) is 19.2. The molecule has 0 radical (unpaired) electrons. The number of rotatable bonds is 16. The molecular weight excluding hydrogens is 492 g/mol. The molecule has 4 saturated carbocycles. The Labute approximate surface area is 248 Å².